The van der Waals surface area contributed by atoms with Crippen molar-refractivity contribution in [1.82, 2.24) is 9.78 Å². The highest BCUT2D eigenvalue weighted by molar-refractivity contribution is 5.88. The van der Waals surface area contributed by atoms with Gasteiger partial charge in [0.2, 0.25) is 0 Å². The van der Waals surface area contributed by atoms with Gasteiger partial charge in [0.25, 0.3) is 0 Å². The lowest BCUT2D eigenvalue weighted by molar-refractivity contribution is 0.0516. The Hall–Kier alpha value is -1.36. The Kier molecular flexibility index (Phi) is 3.85. The Labute approximate surface area is 88.7 Å². The molecule has 0 aromatic carbocycles. The number of carbonyl (C=O) groups excluding carboxylic acids is 1. The molecule has 0 saturated heterocycles. The molecule has 1 N–H and O–H groups in total. The first-order valence-corrected chi connectivity index (χ1v) is 4.92. The molecule has 0 fully saturated rings. The molecule has 0 radical (unpaired) electrons. The average molecular weight is 212 g/mol. The lowest BCUT2D eigenvalue weighted by Crippen LogP contribution is -2.11. The van der Waals surface area contributed by atoms with Crippen LogP contribution in [0.25, 0.3) is 0 Å². The summed E-state index contributed by atoms with van der Waals surface area (Å²) >= 11 is 0. The number of aryl methyl sites for hydroxylation is 1. The molecule has 1 aromatic heterocycles. The third-order valence-electron chi connectivity index (χ3n) is 1.89. The second kappa shape index (κ2) is 4.93. The minimum atomic E-state index is -0.498. The Balaban J connectivity index is 2.90. The van der Waals surface area contributed by atoms with Crippen LogP contribution < -0.4 is 0 Å². The van der Waals surface area contributed by atoms with E-state index in [0.29, 0.717) is 24.3 Å². The Morgan fingerprint density at radius 2 is 2.40 bits per heavy atom. The van der Waals surface area contributed by atoms with E-state index in [2.05, 4.69) is 5.10 Å². The number of carbonyl (C=O) groups is 1. The zero-order chi connectivity index (χ0) is 11.4. The van der Waals surface area contributed by atoms with Gasteiger partial charge >= 0.3 is 5.97 Å². The fourth-order valence-electron chi connectivity index (χ4n) is 1.38. The van der Waals surface area contributed by atoms with E-state index in [-0.39, 0.29) is 0 Å². The summed E-state index contributed by atoms with van der Waals surface area (Å²) in [7, 11) is 1.73. The molecular weight excluding hydrogens is 196 g/mol. The molecule has 5 nitrogen and oxygen atoms in total. The number of hydrogen-bond donors (Lipinski definition) is 1. The zero-order valence-electron chi connectivity index (χ0n) is 9.23. The van der Waals surface area contributed by atoms with E-state index in [0.717, 1.165) is 0 Å². The molecule has 0 saturated carbocycles. The maximum absolute atomic E-state index is 11.5. The summed E-state index contributed by atoms with van der Waals surface area (Å²) in [6, 6.07) is 0. The predicted molar refractivity (Wildman–Crippen MR) is 54.5 cm³/mol. The second-order valence-electron chi connectivity index (χ2n) is 3.45. The summed E-state index contributed by atoms with van der Waals surface area (Å²) in [5.74, 6) is -0.436. The normalized spacial score (nSPS) is 12.5. The summed E-state index contributed by atoms with van der Waals surface area (Å²) in [5.41, 5.74) is 1.01. The molecule has 0 spiro atoms. The largest absolute Gasteiger partial charge is 0.461 e. The van der Waals surface area contributed by atoms with Gasteiger partial charge in [-0.05, 0) is 13.8 Å². The number of aliphatic hydroxyl groups is 1. The van der Waals surface area contributed by atoms with Gasteiger partial charge in [-0.25, -0.2) is 4.79 Å². The van der Waals surface area contributed by atoms with Crippen molar-refractivity contribution in [3.63, 3.8) is 0 Å². The summed E-state index contributed by atoms with van der Waals surface area (Å²) in [4.78, 5) is 11.5. The van der Waals surface area contributed by atoms with Gasteiger partial charge in [0.1, 0.15) is 0 Å². The number of hydrogen-bond acceptors (Lipinski definition) is 4. The number of rotatable bonds is 4. The highest BCUT2D eigenvalue weighted by atomic mass is 16.5. The van der Waals surface area contributed by atoms with Crippen LogP contribution >= 0.6 is 0 Å². The molecule has 0 bridgehead atoms. The van der Waals surface area contributed by atoms with Crippen molar-refractivity contribution < 1.29 is 14.6 Å². The molecule has 15 heavy (non-hydrogen) atoms. The molecular formula is C10H16N2O3. The third-order valence-corrected chi connectivity index (χ3v) is 1.89. The highest BCUT2D eigenvalue weighted by Gasteiger charge is 2.17. The first kappa shape index (κ1) is 11.7. The van der Waals surface area contributed by atoms with Crippen LogP contribution in [0, 0.1) is 0 Å². The predicted octanol–water partition coefficient (Wildman–Crippen LogP) is 0.520. The number of aromatic nitrogens is 2. The van der Waals surface area contributed by atoms with Crippen molar-refractivity contribution in [2.75, 3.05) is 6.61 Å². The Bertz CT molecular complexity index is 344. The van der Waals surface area contributed by atoms with E-state index in [1.54, 1.807) is 31.8 Å². The molecule has 0 amide bonds. The minimum Gasteiger partial charge on any atom is -0.461 e. The van der Waals surface area contributed by atoms with Crippen LogP contribution in [-0.4, -0.2) is 33.6 Å². The molecule has 0 aliphatic carbocycles. The Morgan fingerprint density at radius 3 is 2.93 bits per heavy atom. The number of esters is 1. The third kappa shape index (κ3) is 3.06. The first-order chi connectivity index (χ1) is 7.04. The first-order valence-electron chi connectivity index (χ1n) is 4.92. The number of ether oxygens (including phenoxy) is 1. The van der Waals surface area contributed by atoms with Gasteiger partial charge in [-0.3, -0.25) is 4.68 Å². The van der Waals surface area contributed by atoms with Crippen molar-refractivity contribution in [1.29, 1.82) is 0 Å². The van der Waals surface area contributed by atoms with Crippen LogP contribution in [0.5, 0.6) is 0 Å². The topological polar surface area (TPSA) is 64.3 Å². The fraction of sp³-hybridized carbons (Fsp3) is 0.600. The van der Waals surface area contributed by atoms with Gasteiger partial charge in [-0.2, -0.15) is 5.10 Å². The molecule has 0 aliphatic rings. The summed E-state index contributed by atoms with van der Waals surface area (Å²) in [5, 5.41) is 13.3. The van der Waals surface area contributed by atoms with Gasteiger partial charge in [0.05, 0.1) is 12.7 Å². The summed E-state index contributed by atoms with van der Waals surface area (Å²) < 4.78 is 6.41. The van der Waals surface area contributed by atoms with Crippen LogP contribution in [0.1, 0.15) is 29.9 Å². The van der Waals surface area contributed by atoms with Crippen molar-refractivity contribution in [3.05, 3.63) is 17.5 Å². The molecule has 1 rings (SSSR count). The van der Waals surface area contributed by atoms with Gasteiger partial charge in [0, 0.05) is 25.2 Å². The van der Waals surface area contributed by atoms with Gasteiger partial charge in [-0.1, -0.05) is 0 Å². The van der Waals surface area contributed by atoms with E-state index >= 15 is 0 Å². The molecule has 84 valence electrons. The zero-order valence-corrected chi connectivity index (χ0v) is 9.23. The lowest BCUT2D eigenvalue weighted by atomic mass is 10.1. The van der Waals surface area contributed by atoms with E-state index in [9.17, 15) is 9.90 Å². The highest BCUT2D eigenvalue weighted by Crippen LogP contribution is 2.10. The molecule has 5 heteroatoms. The monoisotopic (exact) mass is 212 g/mol. The van der Waals surface area contributed by atoms with Crippen molar-refractivity contribution in [2.24, 2.45) is 7.05 Å². The molecule has 0 aliphatic heterocycles. The Morgan fingerprint density at radius 1 is 1.73 bits per heavy atom. The quantitative estimate of drug-likeness (QED) is 0.739. The van der Waals surface area contributed by atoms with Crippen molar-refractivity contribution >= 4 is 5.97 Å². The summed E-state index contributed by atoms with van der Waals surface area (Å²) in [6.45, 7) is 3.74. The summed E-state index contributed by atoms with van der Waals surface area (Å²) in [6.07, 6.45) is 1.63. The van der Waals surface area contributed by atoms with Crippen LogP contribution in [-0.2, 0) is 18.2 Å². The minimum absolute atomic E-state index is 0.292. The van der Waals surface area contributed by atoms with E-state index in [4.69, 9.17) is 4.74 Å². The van der Waals surface area contributed by atoms with Gasteiger partial charge < -0.3 is 9.84 Å². The fourth-order valence-corrected chi connectivity index (χ4v) is 1.38. The lowest BCUT2D eigenvalue weighted by Gasteiger charge is -2.03. The molecule has 1 atom stereocenters. The second-order valence-corrected chi connectivity index (χ2v) is 3.45. The van der Waals surface area contributed by atoms with E-state index in [1.165, 1.54) is 0 Å². The molecule has 0 unspecified atom stereocenters. The maximum Gasteiger partial charge on any atom is 0.359 e. The molecule has 1 aromatic rings. The standard InChI is InChI=1S/C10H16N2O3/c1-4-15-10(14)9-8(5-7(2)13)6-12(3)11-9/h6-7,13H,4-5H2,1-3H3/t7-/m1/s1. The van der Waals surface area contributed by atoms with Crippen molar-refractivity contribution in [2.45, 2.75) is 26.4 Å². The van der Waals surface area contributed by atoms with Crippen LogP contribution in [0.15, 0.2) is 6.20 Å². The smallest absolute Gasteiger partial charge is 0.359 e. The van der Waals surface area contributed by atoms with E-state index in [1.807, 2.05) is 0 Å². The number of aliphatic hydroxyl groups excluding tert-OH is 1. The van der Waals surface area contributed by atoms with Crippen LogP contribution in [0.2, 0.25) is 0 Å². The van der Waals surface area contributed by atoms with Gasteiger partial charge in [-0.15, -0.1) is 0 Å². The SMILES string of the molecule is CCOC(=O)c1nn(C)cc1C[C@@H](C)O. The van der Waals surface area contributed by atoms with E-state index < -0.39 is 12.1 Å². The maximum atomic E-state index is 11.5. The average Bonchev–Trinajstić information content (AvgIpc) is 2.46. The molecule has 1 heterocycles. The van der Waals surface area contributed by atoms with Crippen LogP contribution in [0.4, 0.5) is 0 Å². The van der Waals surface area contributed by atoms with Gasteiger partial charge in [0.15, 0.2) is 5.69 Å². The van der Waals surface area contributed by atoms with Crippen LogP contribution in [0.3, 0.4) is 0 Å². The number of nitrogens with zero attached hydrogens (tertiary/aromatic N) is 2. The van der Waals surface area contributed by atoms with Crippen molar-refractivity contribution in [3.8, 4) is 0 Å².